The monoisotopic (exact) mass is 295 g/mol. The summed E-state index contributed by atoms with van der Waals surface area (Å²) in [6.45, 7) is 4.36. The Morgan fingerprint density at radius 3 is 2.32 bits per heavy atom. The molecule has 1 fully saturated rings. The smallest absolute Gasteiger partial charge is 0.227 e. The Morgan fingerprint density at radius 1 is 1.09 bits per heavy atom. The molecule has 4 heteroatoms. The van der Waals surface area contributed by atoms with Crippen LogP contribution in [0.25, 0.3) is 0 Å². The number of carbonyl (C=O) groups excluding carboxylic acids is 1. The third-order valence-corrected chi connectivity index (χ3v) is 3.83. The number of benzene rings is 1. The van der Waals surface area contributed by atoms with Crippen molar-refractivity contribution in [2.24, 2.45) is 5.92 Å². The summed E-state index contributed by atoms with van der Waals surface area (Å²) in [5.41, 5.74) is 3.07. The number of hydrogen-bond donors (Lipinski definition) is 2. The van der Waals surface area contributed by atoms with Gasteiger partial charge in [-0.15, -0.1) is 0 Å². The summed E-state index contributed by atoms with van der Waals surface area (Å²) in [6.07, 6.45) is 3.70. The van der Waals surface area contributed by atoms with E-state index in [1.807, 2.05) is 12.1 Å². The van der Waals surface area contributed by atoms with E-state index in [2.05, 4.69) is 53.7 Å². The Bertz CT molecular complexity index is 643. The van der Waals surface area contributed by atoms with Gasteiger partial charge in [-0.25, -0.2) is 4.98 Å². The van der Waals surface area contributed by atoms with Crippen molar-refractivity contribution in [2.75, 3.05) is 10.6 Å². The van der Waals surface area contributed by atoms with Crippen molar-refractivity contribution in [3.8, 4) is 0 Å². The maximum atomic E-state index is 11.7. The molecule has 1 amide bonds. The lowest BCUT2D eigenvalue weighted by molar-refractivity contribution is -0.117. The minimum absolute atomic E-state index is 0.104. The topological polar surface area (TPSA) is 54.0 Å². The number of hydrogen-bond acceptors (Lipinski definition) is 3. The van der Waals surface area contributed by atoms with E-state index in [1.165, 1.54) is 5.56 Å². The number of nitrogens with one attached hydrogen (secondary N) is 2. The van der Waals surface area contributed by atoms with Gasteiger partial charge in [-0.05, 0) is 48.6 Å². The highest BCUT2D eigenvalue weighted by atomic mass is 16.2. The van der Waals surface area contributed by atoms with Crippen LogP contribution in [0.5, 0.6) is 0 Å². The zero-order valence-electron chi connectivity index (χ0n) is 13.0. The quantitative estimate of drug-likeness (QED) is 0.864. The molecule has 0 radical (unpaired) electrons. The molecule has 1 aromatic heterocycles. The summed E-state index contributed by atoms with van der Waals surface area (Å²) in [6, 6.07) is 12.1. The minimum Gasteiger partial charge on any atom is -0.340 e. The molecule has 0 spiro atoms. The highest BCUT2D eigenvalue weighted by Gasteiger charge is 2.29. The summed E-state index contributed by atoms with van der Waals surface area (Å²) in [7, 11) is 0. The first-order chi connectivity index (χ1) is 10.6. The normalized spacial score (nSPS) is 14.0. The van der Waals surface area contributed by atoms with Gasteiger partial charge in [-0.3, -0.25) is 4.79 Å². The largest absolute Gasteiger partial charge is 0.340 e. The van der Waals surface area contributed by atoms with Crippen LogP contribution in [0.1, 0.15) is 38.2 Å². The van der Waals surface area contributed by atoms with Gasteiger partial charge in [0.05, 0.1) is 11.9 Å². The lowest BCUT2D eigenvalue weighted by Crippen LogP contribution is -2.13. The van der Waals surface area contributed by atoms with Crippen molar-refractivity contribution in [2.45, 2.75) is 32.6 Å². The third kappa shape index (κ3) is 3.64. The predicted octanol–water partition coefficient (Wildman–Crippen LogP) is 4.30. The van der Waals surface area contributed by atoms with Gasteiger partial charge in [0.2, 0.25) is 5.91 Å². The molecule has 0 unspecified atom stereocenters. The molecule has 22 heavy (non-hydrogen) atoms. The van der Waals surface area contributed by atoms with Crippen LogP contribution in [-0.2, 0) is 4.79 Å². The molecule has 2 N–H and O–H groups in total. The number of carbonyl (C=O) groups is 1. The molecular weight excluding hydrogens is 274 g/mol. The molecule has 1 aliphatic rings. The van der Waals surface area contributed by atoms with Crippen LogP contribution in [0.3, 0.4) is 0 Å². The lowest BCUT2D eigenvalue weighted by Gasteiger charge is -2.09. The van der Waals surface area contributed by atoms with Crippen LogP contribution < -0.4 is 10.6 Å². The summed E-state index contributed by atoms with van der Waals surface area (Å²) in [4.78, 5) is 16.0. The Balaban J connectivity index is 1.61. The first-order valence-corrected chi connectivity index (χ1v) is 7.76. The molecule has 0 aliphatic heterocycles. The molecule has 1 saturated carbocycles. The van der Waals surface area contributed by atoms with Crippen molar-refractivity contribution >= 4 is 23.1 Å². The maximum absolute atomic E-state index is 11.7. The minimum atomic E-state index is 0.104. The maximum Gasteiger partial charge on any atom is 0.227 e. The van der Waals surface area contributed by atoms with E-state index in [9.17, 15) is 4.79 Å². The average molecular weight is 295 g/mol. The first kappa shape index (κ1) is 14.6. The number of aromatic nitrogens is 1. The van der Waals surface area contributed by atoms with Gasteiger partial charge in [0, 0.05) is 11.6 Å². The highest BCUT2D eigenvalue weighted by Crippen LogP contribution is 2.30. The molecule has 0 bridgehead atoms. The molecule has 4 nitrogen and oxygen atoms in total. The van der Waals surface area contributed by atoms with Gasteiger partial charge in [-0.2, -0.15) is 0 Å². The van der Waals surface area contributed by atoms with E-state index in [0.717, 1.165) is 30.0 Å². The zero-order valence-corrected chi connectivity index (χ0v) is 13.0. The van der Waals surface area contributed by atoms with Crippen molar-refractivity contribution < 1.29 is 4.79 Å². The fourth-order valence-corrected chi connectivity index (χ4v) is 2.23. The van der Waals surface area contributed by atoms with E-state index in [1.54, 1.807) is 6.20 Å². The molecule has 0 saturated heterocycles. The van der Waals surface area contributed by atoms with Crippen molar-refractivity contribution in [1.82, 2.24) is 4.98 Å². The molecule has 2 aromatic rings. The summed E-state index contributed by atoms with van der Waals surface area (Å²) in [5.74, 6) is 1.60. The standard InChI is InChI=1S/C18H21N3O/c1-12(2)13-5-7-15(8-6-13)20-17-10-9-16(11-19-17)21-18(22)14-3-4-14/h5-12,14H,3-4H2,1-2H3,(H,19,20)(H,21,22). The van der Waals surface area contributed by atoms with E-state index in [-0.39, 0.29) is 11.8 Å². The Kier molecular flexibility index (Phi) is 4.09. The predicted molar refractivity (Wildman–Crippen MR) is 89.4 cm³/mol. The van der Waals surface area contributed by atoms with Gasteiger partial charge in [0.15, 0.2) is 0 Å². The van der Waals surface area contributed by atoms with Crippen LogP contribution in [0, 0.1) is 5.92 Å². The number of nitrogens with zero attached hydrogens (tertiary/aromatic N) is 1. The molecule has 1 heterocycles. The molecule has 3 rings (SSSR count). The third-order valence-electron chi connectivity index (χ3n) is 3.83. The fraction of sp³-hybridized carbons (Fsp3) is 0.333. The number of anilines is 3. The van der Waals surface area contributed by atoms with Crippen molar-refractivity contribution in [3.05, 3.63) is 48.2 Å². The second-order valence-corrected chi connectivity index (χ2v) is 6.10. The average Bonchev–Trinajstić information content (AvgIpc) is 3.34. The Labute approximate surface area is 131 Å². The Morgan fingerprint density at radius 2 is 1.77 bits per heavy atom. The van der Waals surface area contributed by atoms with Crippen molar-refractivity contribution in [1.29, 1.82) is 0 Å². The van der Waals surface area contributed by atoms with E-state index in [0.29, 0.717) is 5.92 Å². The highest BCUT2D eigenvalue weighted by molar-refractivity contribution is 5.93. The van der Waals surface area contributed by atoms with E-state index in [4.69, 9.17) is 0 Å². The fourth-order valence-electron chi connectivity index (χ4n) is 2.23. The van der Waals surface area contributed by atoms with Crippen LogP contribution in [-0.4, -0.2) is 10.9 Å². The van der Waals surface area contributed by atoms with Gasteiger partial charge in [-0.1, -0.05) is 26.0 Å². The van der Waals surface area contributed by atoms with Crippen LogP contribution in [0.2, 0.25) is 0 Å². The molecular formula is C18H21N3O. The Hall–Kier alpha value is -2.36. The summed E-state index contributed by atoms with van der Waals surface area (Å²) < 4.78 is 0. The number of rotatable bonds is 5. The molecule has 1 aliphatic carbocycles. The van der Waals surface area contributed by atoms with Crippen molar-refractivity contribution in [3.63, 3.8) is 0 Å². The van der Waals surface area contributed by atoms with Gasteiger partial charge in [0.1, 0.15) is 5.82 Å². The molecule has 1 aromatic carbocycles. The summed E-state index contributed by atoms with van der Waals surface area (Å²) in [5, 5.41) is 6.15. The van der Waals surface area contributed by atoms with Crippen LogP contribution in [0.15, 0.2) is 42.6 Å². The second kappa shape index (κ2) is 6.18. The SMILES string of the molecule is CC(C)c1ccc(Nc2ccc(NC(=O)C3CC3)cn2)cc1. The van der Waals surface area contributed by atoms with Crippen LogP contribution >= 0.6 is 0 Å². The zero-order chi connectivity index (χ0) is 15.5. The van der Waals surface area contributed by atoms with Gasteiger partial charge < -0.3 is 10.6 Å². The van der Waals surface area contributed by atoms with E-state index >= 15 is 0 Å². The second-order valence-electron chi connectivity index (χ2n) is 6.10. The molecule has 114 valence electrons. The number of amides is 1. The summed E-state index contributed by atoms with van der Waals surface area (Å²) >= 11 is 0. The lowest BCUT2D eigenvalue weighted by atomic mass is 10.0. The van der Waals surface area contributed by atoms with Crippen LogP contribution in [0.4, 0.5) is 17.2 Å². The van der Waals surface area contributed by atoms with Gasteiger partial charge in [0.25, 0.3) is 0 Å². The van der Waals surface area contributed by atoms with Gasteiger partial charge >= 0.3 is 0 Å². The number of pyridine rings is 1. The van der Waals surface area contributed by atoms with E-state index < -0.39 is 0 Å². The first-order valence-electron chi connectivity index (χ1n) is 7.76. The molecule has 0 atom stereocenters.